The third-order valence-electron chi connectivity index (χ3n) is 18.2. The average molecular weight is 1200 g/mol. The van der Waals surface area contributed by atoms with Gasteiger partial charge in [-0.2, -0.15) is 0 Å². The van der Waals surface area contributed by atoms with E-state index in [4.69, 9.17) is 4.74 Å². The fraction of sp³-hybridized carbons (Fsp3) is 0.899. The maximum atomic E-state index is 12.6. The third-order valence-corrected chi connectivity index (χ3v) is 18.2. The highest BCUT2D eigenvalue weighted by Crippen LogP contribution is 2.19. The summed E-state index contributed by atoms with van der Waals surface area (Å²) in [6.07, 6.45) is 96.4. The summed E-state index contributed by atoms with van der Waals surface area (Å²) in [4.78, 5) is 24.7. The average Bonchev–Trinajstić information content (AvgIpc) is 3.51. The van der Waals surface area contributed by atoms with E-state index >= 15 is 0 Å². The number of allylic oxidation sites excluding steroid dienone is 6. The molecule has 6 nitrogen and oxygen atoms in total. The molecular formula is C79H151NO5. The second-order valence-electron chi connectivity index (χ2n) is 26.7. The Bertz CT molecular complexity index is 1380. The zero-order chi connectivity index (χ0) is 61.3. The second kappa shape index (κ2) is 74.5. The fourth-order valence-corrected chi connectivity index (χ4v) is 12.3. The Labute approximate surface area is 532 Å². The van der Waals surface area contributed by atoms with E-state index in [1.807, 2.05) is 0 Å². The molecule has 0 bridgehead atoms. The molecule has 2 atom stereocenters. The maximum Gasteiger partial charge on any atom is 0.305 e. The van der Waals surface area contributed by atoms with Crippen molar-refractivity contribution in [3.8, 4) is 0 Å². The first-order valence-corrected chi connectivity index (χ1v) is 38.7. The van der Waals surface area contributed by atoms with Crippen molar-refractivity contribution in [3.63, 3.8) is 0 Å². The lowest BCUT2D eigenvalue weighted by molar-refractivity contribution is -0.143. The zero-order valence-corrected chi connectivity index (χ0v) is 57.6. The van der Waals surface area contributed by atoms with Crippen molar-refractivity contribution >= 4 is 11.9 Å². The molecule has 85 heavy (non-hydrogen) atoms. The molecule has 1 amide bonds. The number of esters is 1. The number of carbonyl (C=O) groups is 2. The van der Waals surface area contributed by atoms with E-state index in [1.54, 1.807) is 0 Å². The lowest BCUT2D eigenvalue weighted by Gasteiger charge is -2.22. The summed E-state index contributed by atoms with van der Waals surface area (Å²) in [5.74, 6) is -0.0224. The molecule has 0 aliphatic rings. The molecule has 0 radical (unpaired) electrons. The van der Waals surface area contributed by atoms with Gasteiger partial charge in [0.25, 0.3) is 0 Å². The van der Waals surface area contributed by atoms with Crippen LogP contribution in [-0.2, 0) is 14.3 Å². The number of nitrogens with one attached hydrogen (secondary N) is 1. The largest absolute Gasteiger partial charge is 0.466 e. The van der Waals surface area contributed by atoms with Gasteiger partial charge in [-0.05, 0) is 83.5 Å². The van der Waals surface area contributed by atoms with Gasteiger partial charge >= 0.3 is 5.97 Å². The normalized spacial score (nSPS) is 12.7. The van der Waals surface area contributed by atoms with Gasteiger partial charge in [0.1, 0.15) is 0 Å². The van der Waals surface area contributed by atoms with E-state index in [2.05, 4.69) is 55.6 Å². The molecule has 0 rings (SSSR count). The number of aliphatic hydroxyl groups excluding tert-OH is 2. The van der Waals surface area contributed by atoms with Crippen molar-refractivity contribution in [2.75, 3.05) is 13.2 Å². The second-order valence-corrected chi connectivity index (χ2v) is 26.7. The molecule has 0 aliphatic heterocycles. The number of hydrogen-bond acceptors (Lipinski definition) is 5. The van der Waals surface area contributed by atoms with E-state index in [0.29, 0.717) is 25.9 Å². The molecule has 0 spiro atoms. The first kappa shape index (κ1) is 83.1. The van der Waals surface area contributed by atoms with E-state index < -0.39 is 12.1 Å². The smallest absolute Gasteiger partial charge is 0.305 e. The molecule has 0 aromatic heterocycles. The molecule has 502 valence electrons. The predicted molar refractivity (Wildman–Crippen MR) is 375 cm³/mol. The van der Waals surface area contributed by atoms with Gasteiger partial charge in [0.15, 0.2) is 0 Å². The standard InChI is InChI=1S/C79H151NO5/c1-3-5-7-9-11-13-15-17-19-21-23-24-32-36-39-43-47-51-55-59-63-67-71-77(82)76(75-81)80-78(83)72-68-64-60-56-52-48-44-40-37-33-30-28-26-25-27-29-31-34-38-42-46-50-54-58-62-66-70-74-85-79(84)73-69-65-61-57-53-49-45-41-35-22-20-18-16-14-12-10-8-6-4-2/h18,20,25-26,29,31,76-77,81-82H,3-17,19,21-24,27-28,30,32-75H2,1-2H3,(H,80,83)/b20-18-,26-25-,31-29-. The van der Waals surface area contributed by atoms with E-state index in [0.717, 1.165) is 51.4 Å². The van der Waals surface area contributed by atoms with Crippen LogP contribution in [0.15, 0.2) is 36.5 Å². The van der Waals surface area contributed by atoms with Crippen LogP contribution < -0.4 is 5.32 Å². The van der Waals surface area contributed by atoms with Crippen LogP contribution in [0.4, 0.5) is 0 Å². The summed E-state index contributed by atoms with van der Waals surface area (Å²) < 4.78 is 5.51. The Morgan fingerprint density at radius 1 is 0.329 bits per heavy atom. The summed E-state index contributed by atoms with van der Waals surface area (Å²) in [6, 6.07) is -0.546. The van der Waals surface area contributed by atoms with Crippen molar-refractivity contribution in [1.82, 2.24) is 5.32 Å². The lowest BCUT2D eigenvalue weighted by atomic mass is 10.0. The number of carbonyl (C=O) groups excluding carboxylic acids is 2. The summed E-state index contributed by atoms with van der Waals surface area (Å²) in [5, 5.41) is 23.4. The number of aliphatic hydroxyl groups is 2. The van der Waals surface area contributed by atoms with Crippen LogP contribution >= 0.6 is 0 Å². The zero-order valence-electron chi connectivity index (χ0n) is 57.6. The van der Waals surface area contributed by atoms with Crippen molar-refractivity contribution in [2.45, 2.75) is 443 Å². The SMILES string of the molecule is CCCCCCCC/C=C\CCCCCCCCCCCC(=O)OCCCCCCCCCCC/C=C\C/C=C\CCCCCCCCCCCCCC(=O)NC(CO)C(O)CCCCCCCCCCCCCCCCCCCCCCCC. The molecule has 3 N–H and O–H groups in total. The van der Waals surface area contributed by atoms with E-state index in [1.165, 1.54) is 347 Å². The first-order chi connectivity index (χ1) is 42.0. The van der Waals surface area contributed by atoms with Crippen LogP contribution in [0.1, 0.15) is 431 Å². The van der Waals surface area contributed by atoms with Gasteiger partial charge in [0.2, 0.25) is 5.91 Å². The van der Waals surface area contributed by atoms with Crippen LogP contribution in [0.2, 0.25) is 0 Å². The van der Waals surface area contributed by atoms with Gasteiger partial charge in [0, 0.05) is 12.8 Å². The minimum Gasteiger partial charge on any atom is -0.466 e. The maximum absolute atomic E-state index is 12.6. The molecule has 2 unspecified atom stereocenters. The molecule has 0 heterocycles. The van der Waals surface area contributed by atoms with Gasteiger partial charge in [-0.15, -0.1) is 0 Å². The quantitative estimate of drug-likeness (QED) is 0.0320. The summed E-state index contributed by atoms with van der Waals surface area (Å²) in [5.41, 5.74) is 0. The summed E-state index contributed by atoms with van der Waals surface area (Å²) in [7, 11) is 0. The van der Waals surface area contributed by atoms with Crippen LogP contribution in [0, 0.1) is 0 Å². The predicted octanol–water partition coefficient (Wildman–Crippen LogP) is 25.4. The molecule has 0 fully saturated rings. The van der Waals surface area contributed by atoms with Crippen molar-refractivity contribution in [2.24, 2.45) is 0 Å². The monoisotopic (exact) mass is 1190 g/mol. The Balaban J connectivity index is 3.40. The van der Waals surface area contributed by atoms with E-state index in [9.17, 15) is 19.8 Å². The number of rotatable bonds is 73. The minimum absolute atomic E-state index is 0.0111. The fourth-order valence-electron chi connectivity index (χ4n) is 12.3. The van der Waals surface area contributed by atoms with Crippen LogP contribution in [-0.4, -0.2) is 47.4 Å². The van der Waals surface area contributed by atoms with E-state index in [-0.39, 0.29) is 18.5 Å². The van der Waals surface area contributed by atoms with Gasteiger partial charge in [-0.1, -0.05) is 371 Å². The Morgan fingerprint density at radius 2 is 0.588 bits per heavy atom. The van der Waals surface area contributed by atoms with Gasteiger partial charge < -0.3 is 20.3 Å². The minimum atomic E-state index is -0.668. The molecule has 0 saturated heterocycles. The molecular weight excluding hydrogens is 1040 g/mol. The Kier molecular flexibility index (Phi) is 72.9. The van der Waals surface area contributed by atoms with Crippen molar-refractivity contribution in [1.29, 1.82) is 0 Å². The molecule has 0 aromatic rings. The van der Waals surface area contributed by atoms with Crippen molar-refractivity contribution < 1.29 is 24.5 Å². The number of hydrogen-bond donors (Lipinski definition) is 3. The van der Waals surface area contributed by atoms with Crippen LogP contribution in [0.3, 0.4) is 0 Å². The highest BCUT2D eigenvalue weighted by atomic mass is 16.5. The number of ether oxygens (including phenoxy) is 1. The van der Waals surface area contributed by atoms with Crippen LogP contribution in [0.5, 0.6) is 0 Å². The molecule has 0 saturated carbocycles. The van der Waals surface area contributed by atoms with Gasteiger partial charge in [-0.25, -0.2) is 0 Å². The summed E-state index contributed by atoms with van der Waals surface area (Å²) in [6.45, 7) is 4.99. The first-order valence-electron chi connectivity index (χ1n) is 38.7. The highest BCUT2D eigenvalue weighted by molar-refractivity contribution is 5.76. The number of amides is 1. The lowest BCUT2D eigenvalue weighted by Crippen LogP contribution is -2.45. The summed E-state index contributed by atoms with van der Waals surface area (Å²) >= 11 is 0. The molecule has 0 aromatic carbocycles. The topological polar surface area (TPSA) is 95.9 Å². The van der Waals surface area contributed by atoms with Crippen LogP contribution in [0.25, 0.3) is 0 Å². The highest BCUT2D eigenvalue weighted by Gasteiger charge is 2.20. The Morgan fingerprint density at radius 3 is 0.906 bits per heavy atom. The van der Waals surface area contributed by atoms with Gasteiger partial charge in [0.05, 0.1) is 25.4 Å². The van der Waals surface area contributed by atoms with Crippen molar-refractivity contribution in [3.05, 3.63) is 36.5 Å². The number of unbranched alkanes of at least 4 members (excludes halogenated alkanes) is 56. The Hall–Kier alpha value is -1.92. The molecule has 6 heteroatoms. The third kappa shape index (κ3) is 71.0. The molecule has 0 aliphatic carbocycles. The van der Waals surface area contributed by atoms with Gasteiger partial charge in [-0.3, -0.25) is 9.59 Å².